The Morgan fingerprint density at radius 1 is 1.32 bits per heavy atom. The Morgan fingerprint density at radius 2 is 2.14 bits per heavy atom. The quantitative estimate of drug-likeness (QED) is 0.928. The lowest BCUT2D eigenvalue weighted by Gasteiger charge is -2.28. The molecule has 0 saturated carbocycles. The van der Waals surface area contributed by atoms with E-state index in [4.69, 9.17) is 4.74 Å². The summed E-state index contributed by atoms with van der Waals surface area (Å²) in [5, 5.41) is 3.44. The highest BCUT2D eigenvalue weighted by Crippen LogP contribution is 2.29. The van der Waals surface area contributed by atoms with Gasteiger partial charge in [-0.1, -0.05) is 12.1 Å². The van der Waals surface area contributed by atoms with Crippen molar-refractivity contribution in [3.63, 3.8) is 0 Å². The first-order chi connectivity index (χ1) is 10.6. The molecule has 2 fully saturated rings. The molecule has 0 radical (unpaired) electrons. The summed E-state index contributed by atoms with van der Waals surface area (Å²) in [6, 6.07) is 8.75. The lowest BCUT2D eigenvalue weighted by Crippen LogP contribution is -2.43. The SMILES string of the molecule is CC(C)Oc1cccc(CC(=O)N2C3CCNCC2CC3)c1. The van der Waals surface area contributed by atoms with Crippen LogP contribution >= 0.6 is 0 Å². The molecule has 3 rings (SSSR count). The second kappa shape index (κ2) is 6.69. The zero-order chi connectivity index (χ0) is 15.5. The van der Waals surface area contributed by atoms with E-state index in [1.807, 2.05) is 38.1 Å². The van der Waals surface area contributed by atoms with Crippen LogP contribution in [-0.4, -0.2) is 42.1 Å². The monoisotopic (exact) mass is 302 g/mol. The number of carbonyl (C=O) groups excluding carboxylic acids is 1. The largest absolute Gasteiger partial charge is 0.491 e. The first-order valence-electron chi connectivity index (χ1n) is 8.41. The molecule has 2 heterocycles. The third kappa shape index (κ3) is 3.43. The van der Waals surface area contributed by atoms with Crippen LogP contribution in [0.25, 0.3) is 0 Å². The van der Waals surface area contributed by atoms with E-state index in [0.29, 0.717) is 18.5 Å². The molecule has 2 aliphatic heterocycles. The van der Waals surface area contributed by atoms with Crippen LogP contribution in [-0.2, 0) is 11.2 Å². The maximum absolute atomic E-state index is 12.8. The average molecular weight is 302 g/mol. The first-order valence-corrected chi connectivity index (χ1v) is 8.41. The third-order valence-corrected chi connectivity index (χ3v) is 4.57. The van der Waals surface area contributed by atoms with Gasteiger partial charge >= 0.3 is 0 Å². The van der Waals surface area contributed by atoms with Gasteiger partial charge in [0, 0.05) is 18.6 Å². The van der Waals surface area contributed by atoms with Crippen LogP contribution in [0.3, 0.4) is 0 Å². The fraction of sp³-hybridized carbons (Fsp3) is 0.611. The van der Waals surface area contributed by atoms with E-state index in [0.717, 1.165) is 43.7 Å². The molecule has 1 aromatic rings. The van der Waals surface area contributed by atoms with Gasteiger partial charge < -0.3 is 15.0 Å². The normalized spacial score (nSPS) is 24.4. The zero-order valence-electron chi connectivity index (χ0n) is 13.5. The molecule has 0 spiro atoms. The van der Waals surface area contributed by atoms with E-state index < -0.39 is 0 Å². The predicted molar refractivity (Wildman–Crippen MR) is 87.1 cm³/mol. The number of benzene rings is 1. The highest BCUT2D eigenvalue weighted by atomic mass is 16.5. The average Bonchev–Trinajstić information content (AvgIpc) is 2.71. The zero-order valence-corrected chi connectivity index (χ0v) is 13.5. The molecule has 2 saturated heterocycles. The molecule has 2 aliphatic rings. The van der Waals surface area contributed by atoms with Crippen LogP contribution in [0.2, 0.25) is 0 Å². The minimum atomic E-state index is 0.151. The molecular formula is C18H26N2O2. The van der Waals surface area contributed by atoms with E-state index in [9.17, 15) is 4.79 Å². The maximum Gasteiger partial charge on any atom is 0.227 e. The molecule has 120 valence electrons. The van der Waals surface area contributed by atoms with Gasteiger partial charge in [0.1, 0.15) is 5.75 Å². The predicted octanol–water partition coefficient (Wildman–Crippen LogP) is 2.37. The lowest BCUT2D eigenvalue weighted by molar-refractivity contribution is -0.133. The van der Waals surface area contributed by atoms with Crippen molar-refractivity contribution in [2.24, 2.45) is 0 Å². The van der Waals surface area contributed by atoms with Gasteiger partial charge in [0.25, 0.3) is 0 Å². The molecule has 4 nitrogen and oxygen atoms in total. The summed E-state index contributed by atoms with van der Waals surface area (Å²) < 4.78 is 5.72. The molecule has 2 bridgehead atoms. The summed E-state index contributed by atoms with van der Waals surface area (Å²) in [7, 11) is 0. The lowest BCUT2D eigenvalue weighted by atomic mass is 10.1. The first kappa shape index (κ1) is 15.3. The van der Waals surface area contributed by atoms with Crippen molar-refractivity contribution in [2.75, 3.05) is 13.1 Å². The van der Waals surface area contributed by atoms with Crippen molar-refractivity contribution in [2.45, 2.75) is 57.7 Å². The Hall–Kier alpha value is -1.55. The third-order valence-electron chi connectivity index (χ3n) is 4.57. The minimum absolute atomic E-state index is 0.151. The molecule has 0 aromatic heterocycles. The van der Waals surface area contributed by atoms with Gasteiger partial charge in [0.2, 0.25) is 5.91 Å². The van der Waals surface area contributed by atoms with Crippen molar-refractivity contribution in [3.05, 3.63) is 29.8 Å². The van der Waals surface area contributed by atoms with Crippen LogP contribution in [0.5, 0.6) is 5.75 Å². The number of hydrogen-bond donors (Lipinski definition) is 1. The molecule has 1 aromatic carbocycles. The molecule has 0 aliphatic carbocycles. The number of hydrogen-bond acceptors (Lipinski definition) is 3. The van der Waals surface area contributed by atoms with Crippen LogP contribution in [0.1, 0.15) is 38.7 Å². The molecule has 4 heteroatoms. The highest BCUT2D eigenvalue weighted by molar-refractivity contribution is 5.80. The van der Waals surface area contributed by atoms with Gasteiger partial charge in [-0.3, -0.25) is 4.79 Å². The Balaban J connectivity index is 1.69. The molecular weight excluding hydrogens is 276 g/mol. The highest BCUT2D eigenvalue weighted by Gasteiger charge is 2.37. The van der Waals surface area contributed by atoms with Crippen LogP contribution < -0.4 is 10.1 Å². The van der Waals surface area contributed by atoms with E-state index in [-0.39, 0.29) is 12.0 Å². The number of carbonyl (C=O) groups is 1. The van der Waals surface area contributed by atoms with Gasteiger partial charge in [0.05, 0.1) is 12.5 Å². The van der Waals surface area contributed by atoms with Gasteiger partial charge in [-0.25, -0.2) is 0 Å². The summed E-state index contributed by atoms with van der Waals surface area (Å²) >= 11 is 0. The van der Waals surface area contributed by atoms with Gasteiger partial charge in [-0.15, -0.1) is 0 Å². The fourth-order valence-electron chi connectivity index (χ4n) is 3.66. The molecule has 2 unspecified atom stereocenters. The second-order valence-electron chi connectivity index (χ2n) is 6.67. The number of ether oxygens (including phenoxy) is 1. The van der Waals surface area contributed by atoms with Crippen molar-refractivity contribution in [3.8, 4) is 5.75 Å². The summed E-state index contributed by atoms with van der Waals surface area (Å²) in [6.07, 6.45) is 4.01. The summed E-state index contributed by atoms with van der Waals surface area (Å²) in [6.45, 7) is 6.00. The van der Waals surface area contributed by atoms with Crippen molar-refractivity contribution in [1.29, 1.82) is 0 Å². The van der Waals surface area contributed by atoms with Crippen LogP contribution in [0.15, 0.2) is 24.3 Å². The minimum Gasteiger partial charge on any atom is -0.491 e. The maximum atomic E-state index is 12.8. The number of nitrogens with zero attached hydrogens (tertiary/aromatic N) is 1. The Labute approximate surface area is 132 Å². The topological polar surface area (TPSA) is 41.6 Å². The van der Waals surface area contributed by atoms with E-state index in [1.54, 1.807) is 0 Å². The second-order valence-corrected chi connectivity index (χ2v) is 6.67. The number of amides is 1. The van der Waals surface area contributed by atoms with Gasteiger partial charge in [-0.05, 0) is 57.4 Å². The van der Waals surface area contributed by atoms with E-state index >= 15 is 0 Å². The molecule has 1 N–H and O–H groups in total. The summed E-state index contributed by atoms with van der Waals surface area (Å²) in [4.78, 5) is 14.9. The van der Waals surface area contributed by atoms with E-state index in [2.05, 4.69) is 10.2 Å². The summed E-state index contributed by atoms with van der Waals surface area (Å²) in [5.41, 5.74) is 1.04. The fourth-order valence-corrected chi connectivity index (χ4v) is 3.66. The standard InChI is InChI=1S/C18H26N2O2/c1-13(2)22-17-5-3-4-14(10-17)11-18(21)20-15-6-7-16(20)12-19-9-8-15/h3-5,10,13,15-16,19H,6-9,11-12H2,1-2H3. The van der Waals surface area contributed by atoms with Crippen LogP contribution in [0, 0.1) is 0 Å². The Morgan fingerprint density at radius 3 is 2.95 bits per heavy atom. The Kier molecular flexibility index (Phi) is 4.67. The Bertz CT molecular complexity index is 516. The van der Waals surface area contributed by atoms with Gasteiger partial charge in [0.15, 0.2) is 0 Å². The number of nitrogens with one attached hydrogen (secondary N) is 1. The van der Waals surface area contributed by atoms with Crippen molar-refractivity contribution in [1.82, 2.24) is 10.2 Å². The molecule has 1 amide bonds. The van der Waals surface area contributed by atoms with E-state index in [1.165, 1.54) is 0 Å². The van der Waals surface area contributed by atoms with Crippen LogP contribution in [0.4, 0.5) is 0 Å². The molecule has 2 atom stereocenters. The van der Waals surface area contributed by atoms with Gasteiger partial charge in [-0.2, -0.15) is 0 Å². The van der Waals surface area contributed by atoms with Crippen molar-refractivity contribution < 1.29 is 9.53 Å². The number of fused-ring (bicyclic) bond motifs is 2. The van der Waals surface area contributed by atoms with Crippen molar-refractivity contribution >= 4 is 5.91 Å². The smallest absolute Gasteiger partial charge is 0.227 e. The number of rotatable bonds is 4. The molecule has 22 heavy (non-hydrogen) atoms. The summed E-state index contributed by atoms with van der Waals surface area (Å²) in [5.74, 6) is 1.11.